The highest BCUT2D eigenvalue weighted by molar-refractivity contribution is 6.05. The second kappa shape index (κ2) is 7.95. The van der Waals surface area contributed by atoms with Crippen LogP contribution in [-0.2, 0) is 0 Å². The van der Waals surface area contributed by atoms with E-state index >= 15 is 0 Å². The smallest absolute Gasteiger partial charge is 0.255 e. The van der Waals surface area contributed by atoms with Crippen LogP contribution in [0.2, 0.25) is 0 Å². The Morgan fingerprint density at radius 2 is 1.45 bits per heavy atom. The summed E-state index contributed by atoms with van der Waals surface area (Å²) in [6.07, 6.45) is 0.517. The molecule has 0 unspecified atom stereocenters. The molecule has 0 aliphatic carbocycles. The molecule has 0 bridgehead atoms. The molecule has 0 aromatic heterocycles. The first kappa shape index (κ1) is 15.7. The average Bonchev–Trinajstić information content (AvgIpc) is 2.56. The Balaban J connectivity index is 1.96. The highest BCUT2D eigenvalue weighted by Gasteiger charge is 2.08. The van der Waals surface area contributed by atoms with Crippen molar-refractivity contribution in [3.05, 3.63) is 65.7 Å². The van der Waals surface area contributed by atoms with Gasteiger partial charge in [0.1, 0.15) is 0 Å². The van der Waals surface area contributed by atoms with Gasteiger partial charge in [-0.1, -0.05) is 18.2 Å². The minimum absolute atomic E-state index is 0.0406. The van der Waals surface area contributed by atoms with Gasteiger partial charge in [-0.05, 0) is 42.8 Å². The van der Waals surface area contributed by atoms with Gasteiger partial charge in [0.25, 0.3) is 11.8 Å². The summed E-state index contributed by atoms with van der Waals surface area (Å²) >= 11 is 0. The summed E-state index contributed by atoms with van der Waals surface area (Å²) in [6.45, 7) is 0.463. The quantitative estimate of drug-likeness (QED) is 0.714. The molecule has 0 heterocycles. The minimum Gasteiger partial charge on any atom is -0.396 e. The van der Waals surface area contributed by atoms with E-state index in [-0.39, 0.29) is 18.4 Å². The number of carbonyl (C=O) groups is 2. The Labute approximate surface area is 129 Å². The highest BCUT2D eigenvalue weighted by atomic mass is 16.3. The van der Waals surface area contributed by atoms with Crippen molar-refractivity contribution in [1.82, 2.24) is 5.32 Å². The second-order valence-corrected chi connectivity index (χ2v) is 4.73. The molecule has 2 amide bonds. The molecule has 2 aromatic carbocycles. The van der Waals surface area contributed by atoms with Crippen LogP contribution in [0.4, 0.5) is 5.69 Å². The van der Waals surface area contributed by atoms with E-state index in [1.165, 1.54) is 0 Å². The van der Waals surface area contributed by atoms with Crippen LogP contribution in [0.15, 0.2) is 54.6 Å². The third-order valence-electron chi connectivity index (χ3n) is 3.06. The fraction of sp³-hybridized carbons (Fsp3) is 0.176. The predicted molar refractivity (Wildman–Crippen MR) is 84.9 cm³/mol. The SMILES string of the molecule is O=C(NCCCO)c1ccc(C(=O)Nc2ccccc2)cc1. The summed E-state index contributed by atoms with van der Waals surface area (Å²) in [5.74, 6) is -0.443. The molecular formula is C17H18N2O3. The number of nitrogens with one attached hydrogen (secondary N) is 2. The summed E-state index contributed by atoms with van der Waals surface area (Å²) in [5.41, 5.74) is 1.68. The van der Waals surface area contributed by atoms with Gasteiger partial charge in [-0.2, -0.15) is 0 Å². The molecule has 2 aromatic rings. The van der Waals surface area contributed by atoms with Crippen molar-refractivity contribution < 1.29 is 14.7 Å². The molecule has 22 heavy (non-hydrogen) atoms. The number of para-hydroxylation sites is 1. The summed E-state index contributed by atoms with van der Waals surface area (Å²) in [4.78, 5) is 23.9. The van der Waals surface area contributed by atoms with E-state index in [0.717, 1.165) is 5.69 Å². The summed E-state index contributed by atoms with van der Waals surface area (Å²) in [7, 11) is 0. The maximum atomic E-state index is 12.1. The van der Waals surface area contributed by atoms with Gasteiger partial charge in [0.15, 0.2) is 0 Å². The van der Waals surface area contributed by atoms with Crippen LogP contribution in [0.5, 0.6) is 0 Å². The molecule has 0 aliphatic rings. The lowest BCUT2D eigenvalue weighted by Crippen LogP contribution is -2.25. The van der Waals surface area contributed by atoms with Gasteiger partial charge in [-0.25, -0.2) is 0 Å². The number of anilines is 1. The number of benzene rings is 2. The topological polar surface area (TPSA) is 78.4 Å². The van der Waals surface area contributed by atoms with Crippen LogP contribution in [0.1, 0.15) is 27.1 Å². The predicted octanol–water partition coefficient (Wildman–Crippen LogP) is 2.05. The molecule has 0 fully saturated rings. The third-order valence-corrected chi connectivity index (χ3v) is 3.06. The first-order valence-corrected chi connectivity index (χ1v) is 7.06. The van der Waals surface area contributed by atoms with Crippen molar-refractivity contribution in [2.24, 2.45) is 0 Å². The van der Waals surface area contributed by atoms with Crippen molar-refractivity contribution in [1.29, 1.82) is 0 Å². The van der Waals surface area contributed by atoms with Gasteiger partial charge in [-0.3, -0.25) is 9.59 Å². The van der Waals surface area contributed by atoms with Gasteiger partial charge >= 0.3 is 0 Å². The number of aliphatic hydroxyl groups excluding tert-OH is 1. The number of hydrogen-bond acceptors (Lipinski definition) is 3. The van der Waals surface area contributed by atoms with Crippen LogP contribution in [0.3, 0.4) is 0 Å². The van der Waals surface area contributed by atoms with E-state index in [1.807, 2.05) is 18.2 Å². The zero-order valence-corrected chi connectivity index (χ0v) is 12.1. The number of amides is 2. The third kappa shape index (κ3) is 4.43. The van der Waals surface area contributed by atoms with Crippen LogP contribution >= 0.6 is 0 Å². The Kier molecular flexibility index (Phi) is 5.68. The molecule has 3 N–H and O–H groups in total. The molecular weight excluding hydrogens is 280 g/mol. The van der Waals surface area contributed by atoms with Crippen LogP contribution < -0.4 is 10.6 Å². The molecule has 0 spiro atoms. The number of hydrogen-bond donors (Lipinski definition) is 3. The van der Waals surface area contributed by atoms with E-state index < -0.39 is 0 Å². The zero-order valence-electron chi connectivity index (χ0n) is 12.1. The van der Waals surface area contributed by atoms with E-state index in [0.29, 0.717) is 24.1 Å². The number of aliphatic hydroxyl groups is 1. The lowest BCUT2D eigenvalue weighted by molar-refractivity contribution is 0.0949. The largest absolute Gasteiger partial charge is 0.396 e. The van der Waals surface area contributed by atoms with Crippen molar-refractivity contribution in [2.75, 3.05) is 18.5 Å². The highest BCUT2D eigenvalue weighted by Crippen LogP contribution is 2.10. The fourth-order valence-electron chi connectivity index (χ4n) is 1.88. The van der Waals surface area contributed by atoms with Gasteiger partial charge in [-0.15, -0.1) is 0 Å². The Hall–Kier alpha value is -2.66. The van der Waals surface area contributed by atoms with E-state index in [4.69, 9.17) is 5.11 Å². The molecule has 114 valence electrons. The standard InChI is InChI=1S/C17H18N2O3/c20-12-4-11-18-16(21)13-7-9-14(10-8-13)17(22)19-15-5-2-1-3-6-15/h1-3,5-10,20H,4,11-12H2,(H,18,21)(H,19,22). The van der Waals surface area contributed by atoms with Crippen molar-refractivity contribution in [3.8, 4) is 0 Å². The number of rotatable bonds is 6. The first-order chi connectivity index (χ1) is 10.7. The summed E-state index contributed by atoms with van der Waals surface area (Å²) in [5, 5.41) is 14.1. The lowest BCUT2D eigenvalue weighted by atomic mass is 10.1. The fourth-order valence-corrected chi connectivity index (χ4v) is 1.88. The van der Waals surface area contributed by atoms with Gasteiger partial charge < -0.3 is 15.7 Å². The first-order valence-electron chi connectivity index (χ1n) is 7.06. The van der Waals surface area contributed by atoms with E-state index in [2.05, 4.69) is 10.6 Å². The van der Waals surface area contributed by atoms with Crippen LogP contribution in [0, 0.1) is 0 Å². The molecule has 0 radical (unpaired) electrons. The van der Waals surface area contributed by atoms with Gasteiger partial charge in [0, 0.05) is 30.0 Å². The van der Waals surface area contributed by atoms with Crippen LogP contribution in [-0.4, -0.2) is 30.1 Å². The average molecular weight is 298 g/mol. The van der Waals surface area contributed by atoms with Gasteiger partial charge in [0.05, 0.1) is 0 Å². The van der Waals surface area contributed by atoms with Gasteiger partial charge in [0.2, 0.25) is 0 Å². The molecule has 0 saturated heterocycles. The maximum Gasteiger partial charge on any atom is 0.255 e. The molecule has 0 atom stereocenters. The van der Waals surface area contributed by atoms with E-state index in [9.17, 15) is 9.59 Å². The minimum atomic E-state index is -0.224. The number of carbonyl (C=O) groups excluding carboxylic acids is 2. The Bertz CT molecular complexity index is 624. The Morgan fingerprint density at radius 1 is 0.864 bits per heavy atom. The van der Waals surface area contributed by atoms with Crippen LogP contribution in [0.25, 0.3) is 0 Å². The van der Waals surface area contributed by atoms with Crippen molar-refractivity contribution in [2.45, 2.75) is 6.42 Å². The van der Waals surface area contributed by atoms with Crippen molar-refractivity contribution in [3.63, 3.8) is 0 Å². The van der Waals surface area contributed by atoms with Crippen molar-refractivity contribution >= 4 is 17.5 Å². The maximum absolute atomic E-state index is 12.1. The molecule has 5 nitrogen and oxygen atoms in total. The lowest BCUT2D eigenvalue weighted by Gasteiger charge is -2.07. The molecule has 0 aliphatic heterocycles. The molecule has 0 saturated carbocycles. The normalized spacial score (nSPS) is 10.0. The molecule has 2 rings (SSSR count). The second-order valence-electron chi connectivity index (χ2n) is 4.73. The monoisotopic (exact) mass is 298 g/mol. The summed E-state index contributed by atoms with van der Waals surface area (Å²) in [6, 6.07) is 15.6. The summed E-state index contributed by atoms with van der Waals surface area (Å²) < 4.78 is 0. The molecule has 5 heteroatoms. The Morgan fingerprint density at radius 3 is 2.05 bits per heavy atom. The zero-order chi connectivity index (χ0) is 15.8. The van der Waals surface area contributed by atoms with E-state index in [1.54, 1.807) is 36.4 Å².